The Labute approximate surface area is 133 Å². The van der Waals surface area contributed by atoms with Crippen molar-refractivity contribution in [3.05, 3.63) is 43.1 Å². The number of nitrogens with two attached hydrogens (primary N) is 1. The molecule has 2 aromatic rings. The SMILES string of the molecule is C=CC(=O)N1CC(NC(=O)Cn2ccc3cc([NH2+]O)ccc32)C1. The van der Waals surface area contributed by atoms with Gasteiger partial charge in [0, 0.05) is 42.3 Å². The fourth-order valence-corrected chi connectivity index (χ4v) is 2.74. The summed E-state index contributed by atoms with van der Waals surface area (Å²) in [6, 6.07) is 7.43. The zero-order chi connectivity index (χ0) is 16.4. The van der Waals surface area contributed by atoms with E-state index in [4.69, 9.17) is 5.21 Å². The molecule has 0 atom stereocenters. The molecule has 1 aromatic heterocycles. The van der Waals surface area contributed by atoms with Crippen molar-refractivity contribution in [2.45, 2.75) is 12.6 Å². The van der Waals surface area contributed by atoms with Gasteiger partial charge in [0.1, 0.15) is 6.54 Å². The third-order valence-electron chi connectivity index (χ3n) is 3.99. The number of carbonyl (C=O) groups excluding carboxylic acids is 2. The van der Waals surface area contributed by atoms with Crippen molar-refractivity contribution in [3.8, 4) is 0 Å². The molecule has 0 radical (unpaired) electrons. The molecule has 23 heavy (non-hydrogen) atoms. The Morgan fingerprint density at radius 3 is 2.87 bits per heavy atom. The Balaban J connectivity index is 1.59. The summed E-state index contributed by atoms with van der Waals surface area (Å²) in [5, 5.41) is 12.9. The van der Waals surface area contributed by atoms with Crippen LogP contribution in [0.5, 0.6) is 0 Å². The zero-order valence-corrected chi connectivity index (χ0v) is 12.6. The molecule has 1 aromatic carbocycles. The molecule has 1 aliphatic heterocycles. The quantitative estimate of drug-likeness (QED) is 0.403. The fraction of sp³-hybridized carbons (Fsp3) is 0.250. The molecular formula is C16H19N4O3+. The Morgan fingerprint density at radius 1 is 1.39 bits per heavy atom. The third kappa shape index (κ3) is 3.10. The van der Waals surface area contributed by atoms with Crippen LogP contribution in [0.25, 0.3) is 10.9 Å². The van der Waals surface area contributed by atoms with Gasteiger partial charge in [0.2, 0.25) is 11.8 Å². The highest BCUT2D eigenvalue weighted by Gasteiger charge is 2.30. The summed E-state index contributed by atoms with van der Waals surface area (Å²) in [6.07, 6.45) is 3.13. The molecule has 120 valence electrons. The lowest BCUT2D eigenvalue weighted by molar-refractivity contribution is -0.825. The molecule has 3 rings (SSSR count). The largest absolute Gasteiger partial charge is 0.348 e. The number of likely N-dealkylation sites (tertiary alicyclic amines) is 1. The third-order valence-corrected chi connectivity index (χ3v) is 3.99. The lowest BCUT2D eigenvalue weighted by Crippen LogP contribution is -2.73. The second kappa shape index (κ2) is 6.23. The molecule has 0 spiro atoms. The molecule has 4 N–H and O–H groups in total. The van der Waals surface area contributed by atoms with E-state index < -0.39 is 0 Å². The fourth-order valence-electron chi connectivity index (χ4n) is 2.74. The highest BCUT2D eigenvalue weighted by Crippen LogP contribution is 2.18. The van der Waals surface area contributed by atoms with Gasteiger partial charge in [0.15, 0.2) is 5.69 Å². The van der Waals surface area contributed by atoms with Crippen molar-refractivity contribution in [1.29, 1.82) is 0 Å². The van der Waals surface area contributed by atoms with Gasteiger partial charge in [0.25, 0.3) is 0 Å². The molecule has 1 saturated heterocycles. The van der Waals surface area contributed by atoms with E-state index >= 15 is 0 Å². The van der Waals surface area contributed by atoms with E-state index in [2.05, 4.69) is 11.9 Å². The Bertz CT molecular complexity index is 762. The summed E-state index contributed by atoms with van der Waals surface area (Å²) in [5.41, 5.74) is 2.71. The summed E-state index contributed by atoms with van der Waals surface area (Å²) < 4.78 is 1.86. The monoisotopic (exact) mass is 315 g/mol. The maximum Gasteiger partial charge on any atom is 0.246 e. The van der Waals surface area contributed by atoms with Gasteiger partial charge in [-0.05, 0) is 18.2 Å². The first-order valence-corrected chi connectivity index (χ1v) is 7.37. The molecule has 2 amide bonds. The lowest BCUT2D eigenvalue weighted by Gasteiger charge is -2.38. The summed E-state index contributed by atoms with van der Waals surface area (Å²) >= 11 is 0. The van der Waals surface area contributed by atoms with Crippen LogP contribution < -0.4 is 10.8 Å². The van der Waals surface area contributed by atoms with Crippen LogP contribution in [0.3, 0.4) is 0 Å². The van der Waals surface area contributed by atoms with Gasteiger partial charge in [-0.25, -0.2) is 5.21 Å². The van der Waals surface area contributed by atoms with E-state index in [1.165, 1.54) is 6.08 Å². The van der Waals surface area contributed by atoms with Crippen LogP contribution in [0.1, 0.15) is 0 Å². The Hall–Kier alpha value is -2.64. The summed E-state index contributed by atoms with van der Waals surface area (Å²) in [6.45, 7) is 4.71. The molecule has 7 heteroatoms. The summed E-state index contributed by atoms with van der Waals surface area (Å²) in [4.78, 5) is 25.1. The first-order chi connectivity index (χ1) is 11.1. The minimum atomic E-state index is -0.108. The van der Waals surface area contributed by atoms with Crippen LogP contribution in [0.15, 0.2) is 43.1 Å². The van der Waals surface area contributed by atoms with Gasteiger partial charge >= 0.3 is 0 Å². The predicted octanol–water partition coefficient (Wildman–Crippen LogP) is -0.262. The maximum absolute atomic E-state index is 12.1. The number of rotatable bonds is 5. The second-order valence-electron chi connectivity index (χ2n) is 5.60. The molecule has 0 saturated carbocycles. The van der Waals surface area contributed by atoms with Crippen molar-refractivity contribution in [1.82, 2.24) is 14.8 Å². The molecule has 1 fully saturated rings. The second-order valence-corrected chi connectivity index (χ2v) is 5.60. The predicted molar refractivity (Wildman–Crippen MR) is 84.0 cm³/mol. The van der Waals surface area contributed by atoms with Crippen LogP contribution in [-0.2, 0) is 16.1 Å². The van der Waals surface area contributed by atoms with Crippen LogP contribution in [0.4, 0.5) is 5.69 Å². The minimum absolute atomic E-state index is 0.00354. The number of hydrogen-bond acceptors (Lipinski definition) is 3. The molecule has 0 unspecified atom stereocenters. The standard InChI is InChI=1S/C16H18N4O3/c1-2-16(22)20-8-13(9-20)17-15(21)10-19-6-5-11-7-12(18-23)3-4-14(11)19/h2-7,13,18,23H,1,8-10H2,(H,17,21)/p+1. The normalized spacial score (nSPS) is 14.6. The number of carbonyl (C=O) groups is 2. The number of quaternary nitrogens is 1. The smallest absolute Gasteiger partial charge is 0.246 e. The Morgan fingerprint density at radius 2 is 2.17 bits per heavy atom. The molecule has 1 aliphatic rings. The molecule has 0 bridgehead atoms. The lowest BCUT2D eigenvalue weighted by atomic mass is 10.1. The number of nitrogens with one attached hydrogen (secondary N) is 1. The average molecular weight is 315 g/mol. The highest BCUT2D eigenvalue weighted by atomic mass is 16.5. The number of fused-ring (bicyclic) bond motifs is 1. The Kier molecular flexibility index (Phi) is 4.14. The summed E-state index contributed by atoms with van der Waals surface area (Å²) in [7, 11) is 0. The first-order valence-electron chi connectivity index (χ1n) is 7.37. The van der Waals surface area contributed by atoms with Crippen molar-refractivity contribution in [2.75, 3.05) is 13.1 Å². The first kappa shape index (κ1) is 15.3. The average Bonchev–Trinajstić information content (AvgIpc) is 2.91. The van der Waals surface area contributed by atoms with E-state index in [1.807, 2.05) is 29.0 Å². The van der Waals surface area contributed by atoms with Crippen molar-refractivity contribution >= 4 is 28.4 Å². The molecule has 0 aliphatic carbocycles. The van der Waals surface area contributed by atoms with Crippen molar-refractivity contribution in [2.24, 2.45) is 0 Å². The van der Waals surface area contributed by atoms with Crippen LogP contribution >= 0.6 is 0 Å². The topological polar surface area (TPSA) is 91.2 Å². The maximum atomic E-state index is 12.1. The van der Waals surface area contributed by atoms with Gasteiger partial charge in [-0.1, -0.05) is 6.58 Å². The van der Waals surface area contributed by atoms with E-state index in [0.717, 1.165) is 22.1 Å². The number of hydrogen-bond donors (Lipinski definition) is 3. The van der Waals surface area contributed by atoms with Gasteiger partial charge in [-0.2, -0.15) is 5.48 Å². The van der Waals surface area contributed by atoms with Gasteiger partial charge in [-0.3, -0.25) is 9.59 Å². The van der Waals surface area contributed by atoms with Gasteiger partial charge in [-0.15, -0.1) is 0 Å². The number of nitrogens with zero attached hydrogens (tertiary/aromatic N) is 2. The number of amides is 2. The number of benzene rings is 1. The zero-order valence-electron chi connectivity index (χ0n) is 12.6. The van der Waals surface area contributed by atoms with Crippen LogP contribution in [-0.4, -0.2) is 45.6 Å². The van der Waals surface area contributed by atoms with Gasteiger partial charge < -0.3 is 14.8 Å². The molecular weight excluding hydrogens is 296 g/mol. The van der Waals surface area contributed by atoms with Crippen LogP contribution in [0.2, 0.25) is 0 Å². The van der Waals surface area contributed by atoms with E-state index in [0.29, 0.717) is 13.1 Å². The molecule has 2 heterocycles. The summed E-state index contributed by atoms with van der Waals surface area (Å²) in [5.74, 6) is -0.195. The van der Waals surface area contributed by atoms with E-state index in [1.54, 1.807) is 11.0 Å². The van der Waals surface area contributed by atoms with Gasteiger partial charge in [0.05, 0.1) is 6.04 Å². The molecule has 7 nitrogen and oxygen atoms in total. The van der Waals surface area contributed by atoms with Crippen molar-refractivity contribution in [3.63, 3.8) is 0 Å². The van der Waals surface area contributed by atoms with Crippen molar-refractivity contribution < 1.29 is 20.3 Å². The van der Waals surface area contributed by atoms with Crippen LogP contribution in [0, 0.1) is 0 Å². The highest BCUT2D eigenvalue weighted by molar-refractivity contribution is 5.88. The van der Waals surface area contributed by atoms with E-state index in [9.17, 15) is 9.59 Å². The minimum Gasteiger partial charge on any atom is -0.348 e. The number of aromatic nitrogens is 1. The van der Waals surface area contributed by atoms with E-state index in [-0.39, 0.29) is 24.4 Å².